The highest BCUT2D eigenvalue weighted by Crippen LogP contribution is 2.26. The summed E-state index contributed by atoms with van der Waals surface area (Å²) in [6, 6.07) is 12.9. The summed E-state index contributed by atoms with van der Waals surface area (Å²) in [6.07, 6.45) is 2.60. The van der Waals surface area contributed by atoms with E-state index in [1.54, 1.807) is 29.8 Å². The number of carbonyl (C=O) groups is 1. The molecular formula is C21H20N4O4S. The zero-order chi connectivity index (χ0) is 20.9. The fourth-order valence-corrected chi connectivity index (χ4v) is 3.62. The standard InChI is InChI=1S/C21H20N4O4S/c1-2-12-28-16-8-6-15(7-9-16)19-22-17(14-30-19)20(26)29-13-11-25-21(27)24-10-4-3-5-18(24)23-25/h3-10,14H,2,11-13H2,1H3. The molecule has 0 bridgehead atoms. The topological polar surface area (TPSA) is 87.7 Å². The summed E-state index contributed by atoms with van der Waals surface area (Å²) in [5, 5.41) is 6.59. The first-order valence-electron chi connectivity index (χ1n) is 9.56. The second kappa shape index (κ2) is 8.91. The summed E-state index contributed by atoms with van der Waals surface area (Å²) in [7, 11) is 0. The summed E-state index contributed by atoms with van der Waals surface area (Å²) < 4.78 is 13.6. The summed E-state index contributed by atoms with van der Waals surface area (Å²) in [5.41, 5.74) is 1.41. The average molecular weight is 424 g/mol. The van der Waals surface area contributed by atoms with Gasteiger partial charge in [-0.3, -0.25) is 4.40 Å². The van der Waals surface area contributed by atoms with E-state index in [4.69, 9.17) is 9.47 Å². The van der Waals surface area contributed by atoms with Crippen LogP contribution in [0, 0.1) is 0 Å². The number of hydrogen-bond donors (Lipinski definition) is 0. The monoisotopic (exact) mass is 424 g/mol. The molecule has 0 aliphatic rings. The van der Waals surface area contributed by atoms with Crippen molar-refractivity contribution in [3.05, 3.63) is 70.2 Å². The summed E-state index contributed by atoms with van der Waals surface area (Å²) >= 11 is 1.37. The van der Waals surface area contributed by atoms with Gasteiger partial charge in [-0.05, 0) is 42.8 Å². The van der Waals surface area contributed by atoms with Gasteiger partial charge < -0.3 is 9.47 Å². The Bertz CT molecular complexity index is 1210. The maximum Gasteiger partial charge on any atom is 0.357 e. The van der Waals surface area contributed by atoms with Gasteiger partial charge in [-0.2, -0.15) is 0 Å². The lowest BCUT2D eigenvalue weighted by Crippen LogP contribution is -2.24. The quantitative estimate of drug-likeness (QED) is 0.404. The van der Waals surface area contributed by atoms with E-state index in [0.717, 1.165) is 22.7 Å². The van der Waals surface area contributed by atoms with E-state index in [-0.39, 0.29) is 24.5 Å². The van der Waals surface area contributed by atoms with Crippen molar-refractivity contribution < 1.29 is 14.3 Å². The Morgan fingerprint density at radius 2 is 1.97 bits per heavy atom. The smallest absolute Gasteiger partial charge is 0.357 e. The van der Waals surface area contributed by atoms with Crippen molar-refractivity contribution >= 4 is 23.0 Å². The summed E-state index contributed by atoms with van der Waals surface area (Å²) in [5.74, 6) is 0.274. The van der Waals surface area contributed by atoms with Crippen molar-refractivity contribution in [1.82, 2.24) is 19.2 Å². The van der Waals surface area contributed by atoms with Crippen molar-refractivity contribution in [2.75, 3.05) is 13.2 Å². The number of carbonyl (C=O) groups excluding carboxylic acids is 1. The first-order valence-corrected chi connectivity index (χ1v) is 10.4. The molecule has 0 radical (unpaired) electrons. The van der Waals surface area contributed by atoms with E-state index in [0.29, 0.717) is 12.3 Å². The number of esters is 1. The van der Waals surface area contributed by atoms with Gasteiger partial charge in [0.25, 0.3) is 0 Å². The molecule has 154 valence electrons. The highest BCUT2D eigenvalue weighted by molar-refractivity contribution is 7.13. The molecule has 3 aromatic heterocycles. The Balaban J connectivity index is 1.36. The maximum atomic E-state index is 12.3. The molecule has 1 aromatic carbocycles. The Hall–Kier alpha value is -3.46. The van der Waals surface area contributed by atoms with Gasteiger partial charge in [0.1, 0.15) is 17.4 Å². The molecule has 9 heteroatoms. The second-order valence-corrected chi connectivity index (χ2v) is 7.34. The van der Waals surface area contributed by atoms with Gasteiger partial charge >= 0.3 is 11.7 Å². The van der Waals surface area contributed by atoms with E-state index in [2.05, 4.69) is 17.0 Å². The molecule has 4 aromatic rings. The van der Waals surface area contributed by atoms with E-state index >= 15 is 0 Å². The SMILES string of the molecule is CCCOc1ccc(-c2nc(C(=O)OCCn3nc4ccccn4c3=O)cs2)cc1. The Morgan fingerprint density at radius 3 is 2.73 bits per heavy atom. The van der Waals surface area contributed by atoms with Gasteiger partial charge in [-0.25, -0.2) is 19.3 Å². The summed E-state index contributed by atoms with van der Waals surface area (Å²) in [6.45, 7) is 2.93. The van der Waals surface area contributed by atoms with Crippen molar-refractivity contribution in [3.63, 3.8) is 0 Å². The van der Waals surface area contributed by atoms with E-state index in [9.17, 15) is 9.59 Å². The predicted octanol–water partition coefficient (Wildman–Crippen LogP) is 3.27. The highest BCUT2D eigenvalue weighted by atomic mass is 32.1. The van der Waals surface area contributed by atoms with Crippen LogP contribution in [0.3, 0.4) is 0 Å². The van der Waals surface area contributed by atoms with Crippen molar-refractivity contribution in [3.8, 4) is 16.3 Å². The number of pyridine rings is 1. The molecule has 0 amide bonds. The van der Waals surface area contributed by atoms with Gasteiger partial charge in [0.05, 0.1) is 13.2 Å². The molecule has 3 heterocycles. The van der Waals surface area contributed by atoms with Crippen LogP contribution in [-0.4, -0.2) is 38.3 Å². The molecule has 0 saturated heterocycles. The average Bonchev–Trinajstić information content (AvgIpc) is 3.38. The van der Waals surface area contributed by atoms with Crippen LogP contribution in [-0.2, 0) is 11.3 Å². The fourth-order valence-electron chi connectivity index (χ4n) is 2.83. The van der Waals surface area contributed by atoms with Crippen LogP contribution < -0.4 is 10.4 Å². The van der Waals surface area contributed by atoms with Crippen molar-refractivity contribution in [2.24, 2.45) is 0 Å². The molecule has 0 spiro atoms. The lowest BCUT2D eigenvalue weighted by molar-refractivity contribution is 0.0480. The molecule has 4 rings (SSSR count). The largest absolute Gasteiger partial charge is 0.494 e. The number of rotatable bonds is 8. The number of aromatic nitrogens is 4. The van der Waals surface area contributed by atoms with Crippen LogP contribution in [0.15, 0.2) is 58.8 Å². The van der Waals surface area contributed by atoms with E-state index in [1.807, 2.05) is 24.3 Å². The van der Waals surface area contributed by atoms with Crippen LogP contribution in [0.5, 0.6) is 5.75 Å². The number of fused-ring (bicyclic) bond motifs is 1. The maximum absolute atomic E-state index is 12.3. The summed E-state index contributed by atoms with van der Waals surface area (Å²) in [4.78, 5) is 28.9. The minimum atomic E-state index is -0.530. The zero-order valence-electron chi connectivity index (χ0n) is 16.4. The molecule has 8 nitrogen and oxygen atoms in total. The van der Waals surface area contributed by atoms with Crippen LogP contribution >= 0.6 is 11.3 Å². The van der Waals surface area contributed by atoms with Crippen LogP contribution in [0.4, 0.5) is 0 Å². The normalized spacial score (nSPS) is 11.0. The van der Waals surface area contributed by atoms with Crippen molar-refractivity contribution in [1.29, 1.82) is 0 Å². The second-order valence-electron chi connectivity index (χ2n) is 6.48. The van der Waals surface area contributed by atoms with Crippen LogP contribution in [0.1, 0.15) is 23.8 Å². The first-order chi connectivity index (χ1) is 14.7. The third-order valence-corrected chi connectivity index (χ3v) is 5.20. The van der Waals surface area contributed by atoms with E-state index in [1.165, 1.54) is 20.4 Å². The zero-order valence-corrected chi connectivity index (χ0v) is 17.2. The number of hydrogen-bond acceptors (Lipinski definition) is 7. The molecule has 0 saturated carbocycles. The lowest BCUT2D eigenvalue weighted by atomic mass is 10.2. The molecule has 0 fully saturated rings. The van der Waals surface area contributed by atoms with Gasteiger partial charge in [0, 0.05) is 17.1 Å². The van der Waals surface area contributed by atoms with Crippen molar-refractivity contribution in [2.45, 2.75) is 19.9 Å². The number of benzene rings is 1. The third kappa shape index (κ3) is 4.25. The van der Waals surface area contributed by atoms with Gasteiger partial charge in [0.15, 0.2) is 11.3 Å². The lowest BCUT2D eigenvalue weighted by Gasteiger charge is -2.04. The molecule has 0 aliphatic carbocycles. The Morgan fingerprint density at radius 1 is 1.13 bits per heavy atom. The van der Waals surface area contributed by atoms with E-state index < -0.39 is 5.97 Å². The molecule has 0 N–H and O–H groups in total. The molecule has 30 heavy (non-hydrogen) atoms. The Kier molecular flexibility index (Phi) is 5.89. The van der Waals surface area contributed by atoms with Gasteiger partial charge in [-0.15, -0.1) is 16.4 Å². The molecule has 0 aliphatic heterocycles. The highest BCUT2D eigenvalue weighted by Gasteiger charge is 2.14. The molecular weight excluding hydrogens is 404 g/mol. The molecule has 0 atom stereocenters. The minimum Gasteiger partial charge on any atom is -0.494 e. The van der Waals surface area contributed by atoms with Crippen LogP contribution in [0.2, 0.25) is 0 Å². The van der Waals surface area contributed by atoms with Gasteiger partial charge in [0.2, 0.25) is 0 Å². The number of thiazole rings is 1. The fraction of sp³-hybridized carbons (Fsp3) is 0.238. The minimum absolute atomic E-state index is 0.0267. The van der Waals surface area contributed by atoms with Gasteiger partial charge in [-0.1, -0.05) is 13.0 Å². The molecule has 0 unspecified atom stereocenters. The predicted molar refractivity (Wildman–Crippen MR) is 113 cm³/mol. The van der Waals surface area contributed by atoms with Crippen LogP contribution in [0.25, 0.3) is 16.2 Å². The number of nitrogens with zero attached hydrogens (tertiary/aromatic N) is 4. The third-order valence-electron chi connectivity index (χ3n) is 4.31. The number of ether oxygens (including phenoxy) is 2. The first kappa shape index (κ1) is 19.8. The Labute approximate surface area is 176 Å².